The van der Waals surface area contributed by atoms with Crippen LogP contribution in [0.4, 0.5) is 0 Å². The number of halogens is 1. The normalized spacial score (nSPS) is 16.5. The quantitative estimate of drug-likeness (QED) is 0.603. The summed E-state index contributed by atoms with van der Waals surface area (Å²) in [6, 6.07) is 5.16. The number of nitrogens with zero attached hydrogens (tertiary/aromatic N) is 1. The Morgan fingerprint density at radius 3 is 2.82 bits per heavy atom. The maximum atomic E-state index is 12.1. The lowest BCUT2D eigenvalue weighted by Gasteiger charge is -2.09. The molecular weight excluding hydrogens is 390 g/mol. The molecule has 0 saturated carbocycles. The van der Waals surface area contributed by atoms with Crippen LogP contribution in [-0.4, -0.2) is 39.4 Å². The number of thiocarbonyl (C=S) groups is 1. The van der Waals surface area contributed by atoms with Gasteiger partial charge in [0.05, 0.1) is 9.38 Å². The minimum Gasteiger partial charge on any atom is -0.481 e. The van der Waals surface area contributed by atoms with Gasteiger partial charge in [0.2, 0.25) is 0 Å². The fourth-order valence-electron chi connectivity index (χ4n) is 1.79. The SMILES string of the molecule is CCN1C(=O)/C(=C/c2ccc(OCC(=O)O)c(Br)c2)SC1=S. The number of ether oxygens (including phenoxy) is 1. The molecule has 1 N–H and O–H groups in total. The highest BCUT2D eigenvalue weighted by Crippen LogP contribution is 2.33. The number of rotatable bonds is 5. The first kappa shape index (κ1) is 17.0. The van der Waals surface area contributed by atoms with Crippen LogP contribution >= 0.6 is 39.9 Å². The van der Waals surface area contributed by atoms with Gasteiger partial charge in [-0.3, -0.25) is 9.69 Å². The molecule has 5 nitrogen and oxygen atoms in total. The van der Waals surface area contributed by atoms with Gasteiger partial charge in [-0.05, 0) is 46.6 Å². The van der Waals surface area contributed by atoms with Crippen molar-refractivity contribution >= 4 is 62.2 Å². The van der Waals surface area contributed by atoms with Crippen molar-refractivity contribution in [2.45, 2.75) is 6.92 Å². The zero-order chi connectivity index (χ0) is 16.3. The summed E-state index contributed by atoms with van der Waals surface area (Å²) in [6.45, 7) is 2.01. The highest BCUT2D eigenvalue weighted by Gasteiger charge is 2.30. The number of benzene rings is 1. The number of carboxylic acids is 1. The Hall–Kier alpha value is -1.38. The summed E-state index contributed by atoms with van der Waals surface area (Å²) < 4.78 is 6.30. The molecule has 0 bridgehead atoms. The molecule has 1 heterocycles. The van der Waals surface area contributed by atoms with E-state index in [9.17, 15) is 9.59 Å². The predicted octanol–water partition coefficient (Wildman–Crippen LogP) is 3.13. The summed E-state index contributed by atoms with van der Waals surface area (Å²) >= 11 is 9.75. The number of carbonyl (C=O) groups is 2. The van der Waals surface area contributed by atoms with Crippen LogP contribution in [0.3, 0.4) is 0 Å². The molecule has 0 aliphatic carbocycles. The Labute approximate surface area is 145 Å². The topological polar surface area (TPSA) is 66.8 Å². The average molecular weight is 402 g/mol. The zero-order valence-corrected chi connectivity index (χ0v) is 14.8. The zero-order valence-electron chi connectivity index (χ0n) is 11.5. The molecule has 1 saturated heterocycles. The van der Waals surface area contributed by atoms with E-state index in [2.05, 4.69) is 15.9 Å². The molecule has 0 aromatic heterocycles. The van der Waals surface area contributed by atoms with Crippen molar-refractivity contribution in [3.05, 3.63) is 33.1 Å². The third kappa shape index (κ3) is 3.88. The smallest absolute Gasteiger partial charge is 0.341 e. The van der Waals surface area contributed by atoms with E-state index in [4.69, 9.17) is 22.1 Å². The third-order valence-corrected chi connectivity index (χ3v) is 4.79. The molecule has 0 radical (unpaired) electrons. The van der Waals surface area contributed by atoms with E-state index in [0.717, 1.165) is 5.56 Å². The van der Waals surface area contributed by atoms with Crippen molar-refractivity contribution in [2.75, 3.05) is 13.2 Å². The first-order chi connectivity index (χ1) is 10.4. The number of carbonyl (C=O) groups excluding carboxylic acids is 1. The summed E-state index contributed by atoms with van der Waals surface area (Å²) in [7, 11) is 0. The molecule has 0 unspecified atom stereocenters. The van der Waals surface area contributed by atoms with E-state index in [1.54, 1.807) is 29.2 Å². The lowest BCUT2D eigenvalue weighted by Crippen LogP contribution is -2.27. The van der Waals surface area contributed by atoms with Crippen molar-refractivity contribution in [3.63, 3.8) is 0 Å². The van der Waals surface area contributed by atoms with Crippen LogP contribution in [0, 0.1) is 0 Å². The first-order valence-electron chi connectivity index (χ1n) is 6.32. The van der Waals surface area contributed by atoms with Gasteiger partial charge in [0.15, 0.2) is 6.61 Å². The molecule has 1 amide bonds. The van der Waals surface area contributed by atoms with E-state index in [1.165, 1.54) is 11.8 Å². The number of thioether (sulfide) groups is 1. The molecule has 116 valence electrons. The first-order valence-corrected chi connectivity index (χ1v) is 8.33. The van der Waals surface area contributed by atoms with Crippen LogP contribution in [-0.2, 0) is 9.59 Å². The maximum Gasteiger partial charge on any atom is 0.341 e. The van der Waals surface area contributed by atoms with Crippen molar-refractivity contribution in [2.24, 2.45) is 0 Å². The lowest BCUT2D eigenvalue weighted by atomic mass is 10.2. The van der Waals surface area contributed by atoms with Crippen LogP contribution in [0.15, 0.2) is 27.6 Å². The van der Waals surface area contributed by atoms with E-state index in [0.29, 0.717) is 26.0 Å². The Bertz CT molecular complexity index is 675. The molecule has 1 aliphatic rings. The number of hydrogen-bond donors (Lipinski definition) is 1. The van der Waals surface area contributed by atoms with E-state index in [1.807, 2.05) is 6.92 Å². The Morgan fingerprint density at radius 2 is 2.27 bits per heavy atom. The number of hydrogen-bond acceptors (Lipinski definition) is 5. The second-order valence-corrected chi connectivity index (χ2v) is 6.83. The van der Waals surface area contributed by atoms with E-state index in [-0.39, 0.29) is 5.91 Å². The lowest BCUT2D eigenvalue weighted by molar-refractivity contribution is -0.139. The molecule has 0 atom stereocenters. The molecule has 2 rings (SSSR count). The van der Waals surface area contributed by atoms with Crippen LogP contribution < -0.4 is 4.74 Å². The number of amides is 1. The van der Waals surface area contributed by atoms with Gasteiger partial charge < -0.3 is 9.84 Å². The molecule has 1 fully saturated rings. The second kappa shape index (κ2) is 7.26. The maximum absolute atomic E-state index is 12.1. The minimum atomic E-state index is -1.04. The predicted molar refractivity (Wildman–Crippen MR) is 92.8 cm³/mol. The second-order valence-electron chi connectivity index (χ2n) is 4.30. The number of likely N-dealkylation sites (N-methyl/N-ethyl adjacent to an activating group) is 1. The Kier molecular flexibility index (Phi) is 5.60. The summed E-state index contributed by atoms with van der Waals surface area (Å²) in [5.74, 6) is -0.709. The largest absolute Gasteiger partial charge is 0.481 e. The third-order valence-electron chi connectivity index (χ3n) is 2.79. The van der Waals surface area contributed by atoms with Crippen LogP contribution in [0.25, 0.3) is 6.08 Å². The fraction of sp³-hybridized carbons (Fsp3) is 0.214. The van der Waals surface area contributed by atoms with Gasteiger partial charge in [-0.1, -0.05) is 30.0 Å². The van der Waals surface area contributed by atoms with Crippen LogP contribution in [0.2, 0.25) is 0 Å². The highest BCUT2D eigenvalue weighted by molar-refractivity contribution is 9.10. The summed E-state index contributed by atoms with van der Waals surface area (Å²) in [4.78, 5) is 24.7. The van der Waals surface area contributed by atoms with Gasteiger partial charge in [0, 0.05) is 6.54 Å². The van der Waals surface area contributed by atoms with Crippen molar-refractivity contribution in [3.8, 4) is 5.75 Å². The molecule has 1 aromatic carbocycles. The Morgan fingerprint density at radius 1 is 1.55 bits per heavy atom. The highest BCUT2D eigenvalue weighted by atomic mass is 79.9. The van der Waals surface area contributed by atoms with Crippen molar-refractivity contribution in [1.29, 1.82) is 0 Å². The number of aliphatic carboxylic acids is 1. The van der Waals surface area contributed by atoms with E-state index < -0.39 is 12.6 Å². The summed E-state index contributed by atoms with van der Waals surface area (Å²) in [6.07, 6.45) is 1.75. The Balaban J connectivity index is 2.19. The monoisotopic (exact) mass is 401 g/mol. The number of carboxylic acid groups (broad SMARTS) is 1. The van der Waals surface area contributed by atoms with Gasteiger partial charge in [0.1, 0.15) is 10.1 Å². The molecule has 1 aliphatic heterocycles. The fourth-order valence-corrected chi connectivity index (χ4v) is 3.68. The van der Waals surface area contributed by atoms with Gasteiger partial charge in [-0.15, -0.1) is 0 Å². The van der Waals surface area contributed by atoms with Crippen molar-refractivity contribution < 1.29 is 19.4 Å². The van der Waals surface area contributed by atoms with Crippen LogP contribution in [0.5, 0.6) is 5.75 Å². The molecule has 0 spiro atoms. The molecular formula is C14H12BrNO4S2. The van der Waals surface area contributed by atoms with Crippen LogP contribution in [0.1, 0.15) is 12.5 Å². The minimum absolute atomic E-state index is 0.0974. The van der Waals surface area contributed by atoms with Gasteiger partial charge in [-0.2, -0.15) is 0 Å². The standard InChI is InChI=1S/C14H12BrNO4S2/c1-2-16-13(19)11(22-14(16)21)6-8-3-4-10(9(15)5-8)20-7-12(17)18/h3-6H,2,7H2,1H3,(H,17,18)/b11-6-. The molecule has 1 aromatic rings. The summed E-state index contributed by atoms with van der Waals surface area (Å²) in [5, 5.41) is 8.61. The molecule has 8 heteroatoms. The molecule has 22 heavy (non-hydrogen) atoms. The average Bonchev–Trinajstić information content (AvgIpc) is 2.72. The van der Waals surface area contributed by atoms with Crippen molar-refractivity contribution in [1.82, 2.24) is 4.90 Å². The van der Waals surface area contributed by atoms with Gasteiger partial charge in [-0.25, -0.2) is 4.79 Å². The van der Waals surface area contributed by atoms with Gasteiger partial charge in [0.25, 0.3) is 5.91 Å². The van der Waals surface area contributed by atoms with E-state index >= 15 is 0 Å². The van der Waals surface area contributed by atoms with Gasteiger partial charge >= 0.3 is 5.97 Å². The summed E-state index contributed by atoms with van der Waals surface area (Å²) in [5.41, 5.74) is 0.797.